The smallest absolute Gasteiger partial charge is 0.258 e. The SMILES string of the molecule is COCCNC(=O)COc1cc(F)cc(F)c1. The van der Waals surface area contributed by atoms with E-state index in [0.29, 0.717) is 13.2 Å². The molecule has 6 heteroatoms. The lowest BCUT2D eigenvalue weighted by Gasteiger charge is -2.07. The minimum absolute atomic E-state index is 0.0237. The summed E-state index contributed by atoms with van der Waals surface area (Å²) in [6.45, 7) is 0.448. The van der Waals surface area contributed by atoms with Gasteiger partial charge in [0.25, 0.3) is 5.91 Å². The van der Waals surface area contributed by atoms with E-state index < -0.39 is 11.6 Å². The molecule has 0 atom stereocenters. The summed E-state index contributed by atoms with van der Waals surface area (Å²) in [4.78, 5) is 11.2. The fraction of sp³-hybridized carbons (Fsp3) is 0.364. The Balaban J connectivity index is 2.36. The third-order valence-corrected chi connectivity index (χ3v) is 1.83. The van der Waals surface area contributed by atoms with Gasteiger partial charge >= 0.3 is 0 Å². The third kappa shape index (κ3) is 5.26. The van der Waals surface area contributed by atoms with Gasteiger partial charge in [-0.1, -0.05) is 0 Å². The summed E-state index contributed by atoms with van der Waals surface area (Å²) in [7, 11) is 1.51. The third-order valence-electron chi connectivity index (χ3n) is 1.83. The van der Waals surface area contributed by atoms with E-state index in [0.717, 1.165) is 18.2 Å². The fourth-order valence-corrected chi connectivity index (χ4v) is 1.10. The second-order valence-corrected chi connectivity index (χ2v) is 3.24. The van der Waals surface area contributed by atoms with Crippen molar-refractivity contribution in [2.75, 3.05) is 26.9 Å². The highest BCUT2D eigenvalue weighted by Crippen LogP contribution is 2.14. The number of nitrogens with one attached hydrogen (secondary N) is 1. The van der Waals surface area contributed by atoms with Crippen LogP contribution in [0.2, 0.25) is 0 Å². The van der Waals surface area contributed by atoms with Crippen LogP contribution in [0.5, 0.6) is 5.75 Å². The summed E-state index contributed by atoms with van der Waals surface area (Å²) in [6.07, 6.45) is 0. The van der Waals surface area contributed by atoms with Crippen molar-refractivity contribution in [1.82, 2.24) is 5.32 Å². The molecule has 0 aliphatic rings. The predicted octanol–water partition coefficient (Wildman–Crippen LogP) is 1.11. The molecule has 1 amide bonds. The second-order valence-electron chi connectivity index (χ2n) is 3.24. The van der Waals surface area contributed by atoms with Gasteiger partial charge in [0.15, 0.2) is 6.61 Å². The number of halogens is 2. The fourth-order valence-electron chi connectivity index (χ4n) is 1.10. The zero-order valence-corrected chi connectivity index (χ0v) is 9.33. The van der Waals surface area contributed by atoms with E-state index in [2.05, 4.69) is 5.32 Å². The molecule has 1 aromatic carbocycles. The normalized spacial score (nSPS) is 10.1. The molecular formula is C11H13F2NO3. The number of methoxy groups -OCH3 is 1. The number of benzene rings is 1. The molecule has 0 heterocycles. The highest BCUT2D eigenvalue weighted by atomic mass is 19.1. The van der Waals surface area contributed by atoms with Crippen LogP contribution in [0.4, 0.5) is 8.78 Å². The molecule has 1 aromatic rings. The second kappa shape index (κ2) is 6.80. The lowest BCUT2D eigenvalue weighted by Crippen LogP contribution is -2.31. The monoisotopic (exact) mass is 245 g/mol. The van der Waals surface area contributed by atoms with E-state index in [1.165, 1.54) is 7.11 Å². The molecule has 0 spiro atoms. The maximum absolute atomic E-state index is 12.8. The summed E-state index contributed by atoms with van der Waals surface area (Å²) in [5, 5.41) is 2.51. The van der Waals surface area contributed by atoms with Crippen molar-refractivity contribution in [2.45, 2.75) is 0 Å². The number of carbonyl (C=O) groups is 1. The lowest BCUT2D eigenvalue weighted by atomic mass is 10.3. The Kier molecular flexibility index (Phi) is 5.35. The molecule has 4 nitrogen and oxygen atoms in total. The van der Waals surface area contributed by atoms with Gasteiger partial charge in [-0.25, -0.2) is 8.78 Å². The zero-order chi connectivity index (χ0) is 12.7. The van der Waals surface area contributed by atoms with Crippen LogP contribution < -0.4 is 10.1 Å². The molecule has 0 aliphatic carbocycles. The first-order valence-electron chi connectivity index (χ1n) is 4.96. The van der Waals surface area contributed by atoms with E-state index in [4.69, 9.17) is 9.47 Å². The molecule has 1 N–H and O–H groups in total. The molecule has 0 unspecified atom stereocenters. The Morgan fingerprint density at radius 3 is 2.53 bits per heavy atom. The largest absolute Gasteiger partial charge is 0.484 e. The average Bonchev–Trinajstić information content (AvgIpc) is 2.25. The van der Waals surface area contributed by atoms with Crippen molar-refractivity contribution in [3.63, 3.8) is 0 Å². The Labute approximate surface area is 97.5 Å². The minimum atomic E-state index is -0.750. The summed E-state index contributed by atoms with van der Waals surface area (Å²) < 4.78 is 35.2. The molecule has 17 heavy (non-hydrogen) atoms. The number of amides is 1. The van der Waals surface area contributed by atoms with Gasteiger partial charge in [0.1, 0.15) is 17.4 Å². The summed E-state index contributed by atoms with van der Waals surface area (Å²) in [5.74, 6) is -1.91. The van der Waals surface area contributed by atoms with Crippen LogP contribution in [0.15, 0.2) is 18.2 Å². The van der Waals surface area contributed by atoms with Gasteiger partial charge in [-0.3, -0.25) is 4.79 Å². The van der Waals surface area contributed by atoms with E-state index in [9.17, 15) is 13.6 Å². The van der Waals surface area contributed by atoms with Crippen LogP contribution in [-0.4, -0.2) is 32.8 Å². The zero-order valence-electron chi connectivity index (χ0n) is 9.33. The summed E-state index contributed by atoms with van der Waals surface area (Å²) in [6, 6.07) is 2.74. The molecular weight excluding hydrogens is 232 g/mol. The molecule has 1 rings (SSSR count). The Hall–Kier alpha value is -1.69. The highest BCUT2D eigenvalue weighted by molar-refractivity contribution is 5.77. The Morgan fingerprint density at radius 1 is 1.29 bits per heavy atom. The molecule has 94 valence electrons. The van der Waals surface area contributed by atoms with Crippen molar-refractivity contribution in [2.24, 2.45) is 0 Å². The average molecular weight is 245 g/mol. The Morgan fingerprint density at radius 2 is 1.94 bits per heavy atom. The van der Waals surface area contributed by atoms with Crippen molar-refractivity contribution < 1.29 is 23.0 Å². The standard InChI is InChI=1S/C11H13F2NO3/c1-16-3-2-14-11(15)7-17-10-5-8(12)4-9(13)6-10/h4-6H,2-3,7H2,1H3,(H,14,15). The van der Waals surface area contributed by atoms with E-state index >= 15 is 0 Å². The van der Waals surface area contributed by atoms with Gasteiger partial charge in [-0.05, 0) is 0 Å². The number of hydrogen-bond acceptors (Lipinski definition) is 3. The van der Waals surface area contributed by atoms with E-state index in [1.54, 1.807) is 0 Å². The maximum atomic E-state index is 12.8. The van der Waals surface area contributed by atoms with Crippen LogP contribution >= 0.6 is 0 Å². The predicted molar refractivity (Wildman–Crippen MR) is 56.7 cm³/mol. The van der Waals surface area contributed by atoms with Crippen LogP contribution in [0.1, 0.15) is 0 Å². The first-order valence-corrected chi connectivity index (χ1v) is 4.96. The van der Waals surface area contributed by atoms with E-state index in [1.807, 2.05) is 0 Å². The number of hydrogen-bond donors (Lipinski definition) is 1. The van der Waals surface area contributed by atoms with Gasteiger partial charge < -0.3 is 14.8 Å². The molecule has 0 fully saturated rings. The van der Waals surface area contributed by atoms with E-state index in [-0.39, 0.29) is 18.3 Å². The molecule has 0 radical (unpaired) electrons. The van der Waals surface area contributed by atoms with Crippen LogP contribution in [-0.2, 0) is 9.53 Å². The Bertz CT molecular complexity index is 365. The quantitative estimate of drug-likeness (QED) is 0.764. The number of rotatable bonds is 6. The molecule has 0 bridgehead atoms. The van der Waals surface area contributed by atoms with Gasteiger partial charge in [0.05, 0.1) is 6.61 Å². The van der Waals surface area contributed by atoms with Gasteiger partial charge in [-0.2, -0.15) is 0 Å². The molecule has 0 aromatic heterocycles. The van der Waals surface area contributed by atoms with Gasteiger partial charge in [-0.15, -0.1) is 0 Å². The van der Waals surface area contributed by atoms with Crippen molar-refractivity contribution in [1.29, 1.82) is 0 Å². The minimum Gasteiger partial charge on any atom is -0.484 e. The van der Waals surface area contributed by atoms with Crippen molar-refractivity contribution in [3.8, 4) is 5.75 Å². The lowest BCUT2D eigenvalue weighted by molar-refractivity contribution is -0.123. The highest BCUT2D eigenvalue weighted by Gasteiger charge is 2.04. The number of carbonyl (C=O) groups excluding carboxylic acids is 1. The topological polar surface area (TPSA) is 47.6 Å². The van der Waals surface area contributed by atoms with Crippen LogP contribution in [0.3, 0.4) is 0 Å². The van der Waals surface area contributed by atoms with Crippen LogP contribution in [0, 0.1) is 11.6 Å². The maximum Gasteiger partial charge on any atom is 0.258 e. The summed E-state index contributed by atoms with van der Waals surface area (Å²) >= 11 is 0. The summed E-state index contributed by atoms with van der Waals surface area (Å²) in [5.41, 5.74) is 0. The first kappa shape index (κ1) is 13.4. The van der Waals surface area contributed by atoms with Crippen LogP contribution in [0.25, 0.3) is 0 Å². The molecule has 0 saturated carbocycles. The first-order chi connectivity index (χ1) is 8.11. The van der Waals surface area contributed by atoms with Crippen molar-refractivity contribution in [3.05, 3.63) is 29.8 Å². The van der Waals surface area contributed by atoms with Gasteiger partial charge in [0.2, 0.25) is 0 Å². The van der Waals surface area contributed by atoms with Gasteiger partial charge in [0, 0.05) is 31.9 Å². The molecule has 0 aliphatic heterocycles. The van der Waals surface area contributed by atoms with Crippen molar-refractivity contribution >= 4 is 5.91 Å². The molecule has 0 saturated heterocycles. The number of ether oxygens (including phenoxy) is 2.